The highest BCUT2D eigenvalue weighted by Crippen LogP contribution is 2.19. The first-order valence-electron chi connectivity index (χ1n) is 6.63. The van der Waals surface area contributed by atoms with Crippen LogP contribution in [-0.4, -0.2) is 59.1 Å². The summed E-state index contributed by atoms with van der Waals surface area (Å²) in [6, 6.07) is 0.700. The summed E-state index contributed by atoms with van der Waals surface area (Å²) in [6.07, 6.45) is 2.07. The van der Waals surface area contributed by atoms with Crippen LogP contribution in [0.3, 0.4) is 0 Å². The molecule has 0 bridgehead atoms. The van der Waals surface area contributed by atoms with E-state index < -0.39 is 0 Å². The van der Waals surface area contributed by atoms with Gasteiger partial charge in [-0.3, -0.25) is 9.80 Å². The minimum absolute atomic E-state index is 0.0839. The third-order valence-corrected chi connectivity index (χ3v) is 3.81. The fraction of sp³-hybridized carbons (Fsp3) is 0.917. The number of oxime groups is 1. The van der Waals surface area contributed by atoms with Gasteiger partial charge < -0.3 is 10.9 Å². The third kappa shape index (κ3) is 3.33. The van der Waals surface area contributed by atoms with Crippen molar-refractivity contribution in [2.75, 3.05) is 26.2 Å². The molecule has 0 amide bonds. The summed E-state index contributed by atoms with van der Waals surface area (Å²) in [5.41, 5.74) is 5.74. The van der Waals surface area contributed by atoms with Crippen LogP contribution in [-0.2, 0) is 0 Å². The van der Waals surface area contributed by atoms with Gasteiger partial charge in [0.05, 0.1) is 6.04 Å². The second-order valence-electron chi connectivity index (χ2n) is 4.61. The fourth-order valence-corrected chi connectivity index (χ4v) is 2.81. The zero-order valence-corrected chi connectivity index (χ0v) is 11.3. The fourth-order valence-electron chi connectivity index (χ4n) is 2.81. The van der Waals surface area contributed by atoms with E-state index in [1.807, 2.05) is 0 Å². The van der Waals surface area contributed by atoms with Crippen LogP contribution in [0, 0.1) is 0 Å². The lowest BCUT2D eigenvalue weighted by Gasteiger charge is -2.29. The van der Waals surface area contributed by atoms with Crippen molar-refractivity contribution in [3.05, 3.63) is 0 Å². The molecule has 3 N–H and O–H groups in total. The number of nitrogens with two attached hydrogens (primary N) is 1. The predicted octanol–water partition coefficient (Wildman–Crippen LogP) is 0.928. The molecular weight excluding hydrogens is 216 g/mol. The summed E-state index contributed by atoms with van der Waals surface area (Å²) in [7, 11) is 0. The van der Waals surface area contributed by atoms with Gasteiger partial charge >= 0.3 is 0 Å². The van der Waals surface area contributed by atoms with Gasteiger partial charge in [-0.05, 0) is 25.9 Å². The molecule has 0 aromatic carbocycles. The average molecular weight is 242 g/mol. The predicted molar refractivity (Wildman–Crippen MR) is 70.4 cm³/mol. The second kappa shape index (κ2) is 6.81. The van der Waals surface area contributed by atoms with Gasteiger partial charge in [0.2, 0.25) is 0 Å². The molecule has 0 aliphatic carbocycles. The van der Waals surface area contributed by atoms with Crippen molar-refractivity contribution >= 4 is 5.84 Å². The molecule has 0 saturated carbocycles. The van der Waals surface area contributed by atoms with E-state index in [0.29, 0.717) is 11.9 Å². The maximum absolute atomic E-state index is 8.79. The summed E-state index contributed by atoms with van der Waals surface area (Å²) in [6.45, 7) is 10.7. The monoisotopic (exact) mass is 242 g/mol. The molecule has 1 fully saturated rings. The van der Waals surface area contributed by atoms with Crippen molar-refractivity contribution in [2.24, 2.45) is 10.9 Å². The first-order valence-corrected chi connectivity index (χ1v) is 6.63. The molecule has 1 aliphatic rings. The number of amidine groups is 1. The van der Waals surface area contributed by atoms with Crippen LogP contribution in [0.1, 0.15) is 33.6 Å². The van der Waals surface area contributed by atoms with Crippen molar-refractivity contribution in [1.29, 1.82) is 0 Å². The normalized spacial score (nSPS) is 24.5. The molecule has 1 aliphatic heterocycles. The van der Waals surface area contributed by atoms with Gasteiger partial charge in [-0.25, -0.2) is 0 Å². The van der Waals surface area contributed by atoms with E-state index in [9.17, 15) is 0 Å². The van der Waals surface area contributed by atoms with Gasteiger partial charge in [-0.1, -0.05) is 25.9 Å². The van der Waals surface area contributed by atoms with Crippen molar-refractivity contribution in [2.45, 2.75) is 45.7 Å². The Hall–Kier alpha value is -0.810. The minimum atomic E-state index is 0.0839. The van der Waals surface area contributed by atoms with Gasteiger partial charge in [0.1, 0.15) is 0 Å². The third-order valence-electron chi connectivity index (χ3n) is 3.81. The van der Waals surface area contributed by atoms with Gasteiger partial charge in [0, 0.05) is 19.1 Å². The SMILES string of the molecule is CCC(C(N)=NO)N1CCC(N(CC)CC)C1. The summed E-state index contributed by atoms with van der Waals surface area (Å²) < 4.78 is 0. The zero-order chi connectivity index (χ0) is 12.8. The minimum Gasteiger partial charge on any atom is -0.409 e. The Morgan fingerprint density at radius 2 is 2.12 bits per heavy atom. The highest BCUT2D eigenvalue weighted by Gasteiger charge is 2.31. The van der Waals surface area contributed by atoms with E-state index in [2.05, 4.69) is 35.7 Å². The first kappa shape index (κ1) is 14.3. The van der Waals surface area contributed by atoms with Crippen LogP contribution in [0.2, 0.25) is 0 Å². The second-order valence-corrected chi connectivity index (χ2v) is 4.61. The molecule has 1 saturated heterocycles. The molecule has 1 rings (SSSR count). The van der Waals surface area contributed by atoms with Gasteiger partial charge in [-0.15, -0.1) is 0 Å². The van der Waals surface area contributed by atoms with Crippen LogP contribution in [0.5, 0.6) is 0 Å². The quantitative estimate of drug-likeness (QED) is 0.315. The van der Waals surface area contributed by atoms with Crippen molar-refractivity contribution < 1.29 is 5.21 Å². The molecule has 0 aromatic heterocycles. The molecule has 17 heavy (non-hydrogen) atoms. The van der Waals surface area contributed by atoms with Gasteiger partial charge in [0.25, 0.3) is 0 Å². The van der Waals surface area contributed by atoms with E-state index in [1.54, 1.807) is 0 Å². The lowest BCUT2D eigenvalue weighted by atomic mass is 10.2. The number of hydrogen-bond donors (Lipinski definition) is 2. The lowest BCUT2D eigenvalue weighted by Crippen LogP contribution is -2.45. The first-order chi connectivity index (χ1) is 8.17. The maximum atomic E-state index is 8.79. The van der Waals surface area contributed by atoms with Crippen LogP contribution in [0.25, 0.3) is 0 Å². The molecule has 2 atom stereocenters. The highest BCUT2D eigenvalue weighted by molar-refractivity contribution is 5.85. The van der Waals surface area contributed by atoms with Crippen LogP contribution in [0.15, 0.2) is 5.16 Å². The molecular formula is C12H26N4O. The Labute approximate surface area is 104 Å². The number of likely N-dealkylation sites (tertiary alicyclic amines) is 1. The largest absolute Gasteiger partial charge is 0.409 e. The number of likely N-dealkylation sites (N-methyl/N-ethyl adjacent to an activating group) is 1. The molecule has 0 aromatic rings. The van der Waals surface area contributed by atoms with Crippen LogP contribution >= 0.6 is 0 Å². The summed E-state index contributed by atoms with van der Waals surface area (Å²) in [5, 5.41) is 11.9. The smallest absolute Gasteiger partial charge is 0.156 e. The molecule has 5 heteroatoms. The Morgan fingerprint density at radius 3 is 2.59 bits per heavy atom. The molecule has 0 spiro atoms. The summed E-state index contributed by atoms with van der Waals surface area (Å²) in [5.74, 6) is 0.340. The molecule has 1 heterocycles. The topological polar surface area (TPSA) is 65.1 Å². The van der Waals surface area contributed by atoms with Crippen molar-refractivity contribution in [3.8, 4) is 0 Å². The van der Waals surface area contributed by atoms with Gasteiger partial charge in [-0.2, -0.15) is 0 Å². The molecule has 100 valence electrons. The Kier molecular flexibility index (Phi) is 5.71. The van der Waals surface area contributed by atoms with E-state index in [0.717, 1.165) is 32.6 Å². The van der Waals surface area contributed by atoms with Crippen molar-refractivity contribution in [3.63, 3.8) is 0 Å². The average Bonchev–Trinajstić information content (AvgIpc) is 2.81. The van der Waals surface area contributed by atoms with Gasteiger partial charge in [0.15, 0.2) is 5.84 Å². The Morgan fingerprint density at radius 1 is 1.47 bits per heavy atom. The number of rotatable bonds is 6. The standard InChI is InChI=1S/C12H26N4O/c1-4-11(12(13)14-17)16-8-7-10(9-16)15(5-2)6-3/h10-11,17H,4-9H2,1-3H3,(H2,13,14). The van der Waals surface area contributed by atoms with E-state index >= 15 is 0 Å². The van der Waals surface area contributed by atoms with E-state index in [4.69, 9.17) is 10.9 Å². The van der Waals surface area contributed by atoms with Crippen molar-refractivity contribution in [1.82, 2.24) is 9.80 Å². The summed E-state index contributed by atoms with van der Waals surface area (Å²) in [4.78, 5) is 4.82. The Bertz CT molecular complexity index is 253. The maximum Gasteiger partial charge on any atom is 0.156 e. The molecule has 2 unspecified atom stereocenters. The Balaban J connectivity index is 2.59. The summed E-state index contributed by atoms with van der Waals surface area (Å²) >= 11 is 0. The molecule has 5 nitrogen and oxygen atoms in total. The highest BCUT2D eigenvalue weighted by atomic mass is 16.4. The number of nitrogens with zero attached hydrogens (tertiary/aromatic N) is 3. The lowest BCUT2D eigenvalue weighted by molar-refractivity contribution is 0.200. The van der Waals surface area contributed by atoms with E-state index in [-0.39, 0.29) is 6.04 Å². The van der Waals surface area contributed by atoms with Crippen LogP contribution in [0.4, 0.5) is 0 Å². The van der Waals surface area contributed by atoms with Crippen LogP contribution < -0.4 is 5.73 Å². The van der Waals surface area contributed by atoms with E-state index in [1.165, 1.54) is 6.42 Å². The molecule has 0 radical (unpaired) electrons. The number of hydrogen-bond acceptors (Lipinski definition) is 4. The zero-order valence-electron chi connectivity index (χ0n) is 11.3.